The fraction of sp³-hybridized carbons (Fsp3) is 0.188. The Morgan fingerprint density at radius 1 is 1.10 bits per heavy atom. The van der Waals surface area contributed by atoms with Crippen molar-refractivity contribution in [3.05, 3.63) is 53.3 Å². The van der Waals surface area contributed by atoms with Crippen LogP contribution in [0.25, 0.3) is 0 Å². The Bertz CT molecular complexity index is 680. The van der Waals surface area contributed by atoms with Crippen LogP contribution in [-0.2, 0) is 6.54 Å². The molecule has 0 amide bonds. The topological polar surface area (TPSA) is 54.3 Å². The molecule has 0 atom stereocenters. The zero-order valence-corrected chi connectivity index (χ0v) is 11.8. The fourth-order valence-corrected chi connectivity index (χ4v) is 1.95. The summed E-state index contributed by atoms with van der Waals surface area (Å²) in [5.74, 6) is 0.621. The zero-order chi connectivity index (χ0) is 15.2. The number of halogens is 1. The Hall–Kier alpha value is -2.74. The molecule has 0 aliphatic rings. The van der Waals surface area contributed by atoms with E-state index in [-0.39, 0.29) is 5.82 Å². The van der Waals surface area contributed by atoms with E-state index >= 15 is 0 Å². The van der Waals surface area contributed by atoms with Crippen LogP contribution in [0.4, 0.5) is 10.1 Å². The van der Waals surface area contributed by atoms with Crippen LogP contribution in [0.5, 0.6) is 11.5 Å². The summed E-state index contributed by atoms with van der Waals surface area (Å²) in [5.41, 5.74) is 2.13. The molecule has 4 nitrogen and oxygen atoms in total. The molecule has 0 aliphatic carbocycles. The Balaban J connectivity index is 2.15. The molecule has 0 saturated carbocycles. The van der Waals surface area contributed by atoms with E-state index in [4.69, 9.17) is 14.7 Å². The van der Waals surface area contributed by atoms with Gasteiger partial charge in [0, 0.05) is 12.6 Å². The Morgan fingerprint density at radius 2 is 1.86 bits per heavy atom. The predicted molar refractivity (Wildman–Crippen MR) is 78.0 cm³/mol. The van der Waals surface area contributed by atoms with Gasteiger partial charge in [-0.3, -0.25) is 0 Å². The highest BCUT2D eigenvalue weighted by molar-refractivity contribution is 5.57. The van der Waals surface area contributed by atoms with Crippen LogP contribution >= 0.6 is 0 Å². The van der Waals surface area contributed by atoms with Crippen molar-refractivity contribution in [2.24, 2.45) is 0 Å². The van der Waals surface area contributed by atoms with Crippen molar-refractivity contribution in [1.29, 1.82) is 5.26 Å². The highest BCUT2D eigenvalue weighted by Gasteiger charge is 2.06. The molecule has 5 heteroatoms. The fourth-order valence-electron chi connectivity index (χ4n) is 1.95. The summed E-state index contributed by atoms with van der Waals surface area (Å²) in [5, 5.41) is 12.1. The van der Waals surface area contributed by atoms with E-state index in [1.165, 1.54) is 26.4 Å². The summed E-state index contributed by atoms with van der Waals surface area (Å²) in [6.45, 7) is 0.504. The van der Waals surface area contributed by atoms with E-state index in [9.17, 15) is 4.39 Å². The van der Waals surface area contributed by atoms with Crippen LogP contribution < -0.4 is 14.8 Å². The monoisotopic (exact) mass is 286 g/mol. The normalized spacial score (nSPS) is 9.81. The average Bonchev–Trinajstić information content (AvgIpc) is 2.53. The van der Waals surface area contributed by atoms with Gasteiger partial charge in [-0.1, -0.05) is 6.07 Å². The second-order valence-corrected chi connectivity index (χ2v) is 4.34. The SMILES string of the molecule is COc1cc(CNc2ccc(F)cc2OC)ccc1C#N. The number of nitrogens with one attached hydrogen (secondary N) is 1. The Morgan fingerprint density at radius 3 is 2.52 bits per heavy atom. The molecule has 0 unspecified atom stereocenters. The molecule has 0 saturated heterocycles. The highest BCUT2D eigenvalue weighted by atomic mass is 19.1. The summed E-state index contributed by atoms with van der Waals surface area (Å²) in [6, 6.07) is 11.7. The van der Waals surface area contributed by atoms with Gasteiger partial charge in [0.1, 0.15) is 23.4 Å². The van der Waals surface area contributed by atoms with Gasteiger partial charge >= 0.3 is 0 Å². The van der Waals surface area contributed by atoms with Crippen molar-refractivity contribution in [1.82, 2.24) is 0 Å². The van der Waals surface area contributed by atoms with Gasteiger partial charge in [0.15, 0.2) is 0 Å². The van der Waals surface area contributed by atoms with Crippen molar-refractivity contribution < 1.29 is 13.9 Å². The van der Waals surface area contributed by atoms with E-state index in [1.54, 1.807) is 18.2 Å². The first-order chi connectivity index (χ1) is 10.2. The number of anilines is 1. The van der Waals surface area contributed by atoms with Gasteiger partial charge in [-0.05, 0) is 29.8 Å². The molecule has 2 rings (SSSR count). The van der Waals surface area contributed by atoms with Crippen molar-refractivity contribution in [3.63, 3.8) is 0 Å². The summed E-state index contributed by atoms with van der Waals surface area (Å²) < 4.78 is 23.4. The molecule has 1 N–H and O–H groups in total. The maximum atomic E-state index is 13.1. The summed E-state index contributed by atoms with van der Waals surface area (Å²) >= 11 is 0. The lowest BCUT2D eigenvalue weighted by atomic mass is 10.1. The second kappa shape index (κ2) is 6.62. The lowest BCUT2D eigenvalue weighted by Gasteiger charge is -2.12. The first-order valence-electron chi connectivity index (χ1n) is 6.32. The molecule has 0 bridgehead atoms. The molecule has 21 heavy (non-hydrogen) atoms. The molecule has 2 aromatic rings. The largest absolute Gasteiger partial charge is 0.495 e. The van der Waals surface area contributed by atoms with Gasteiger partial charge in [0.2, 0.25) is 0 Å². The quantitative estimate of drug-likeness (QED) is 0.916. The number of rotatable bonds is 5. The van der Waals surface area contributed by atoms with E-state index in [0.29, 0.717) is 29.3 Å². The van der Waals surface area contributed by atoms with E-state index in [1.807, 2.05) is 6.07 Å². The zero-order valence-electron chi connectivity index (χ0n) is 11.8. The van der Waals surface area contributed by atoms with Crippen LogP contribution in [0.1, 0.15) is 11.1 Å². The third kappa shape index (κ3) is 3.42. The minimum absolute atomic E-state index is 0.350. The summed E-state index contributed by atoms with van der Waals surface area (Å²) in [7, 11) is 3.01. The second-order valence-electron chi connectivity index (χ2n) is 4.34. The summed E-state index contributed by atoms with van der Waals surface area (Å²) in [6.07, 6.45) is 0. The first-order valence-corrected chi connectivity index (χ1v) is 6.32. The minimum atomic E-state index is -0.350. The number of nitriles is 1. The lowest BCUT2D eigenvalue weighted by molar-refractivity contribution is 0.412. The number of nitrogens with zero attached hydrogens (tertiary/aromatic N) is 1. The van der Waals surface area contributed by atoms with Crippen LogP contribution in [0.2, 0.25) is 0 Å². The van der Waals surface area contributed by atoms with E-state index < -0.39 is 0 Å². The molecule has 2 aromatic carbocycles. The van der Waals surface area contributed by atoms with Crippen molar-refractivity contribution >= 4 is 5.69 Å². The maximum Gasteiger partial charge on any atom is 0.144 e. The first kappa shape index (κ1) is 14.7. The van der Waals surface area contributed by atoms with Crippen LogP contribution in [0, 0.1) is 17.1 Å². The maximum absolute atomic E-state index is 13.1. The Kier molecular flexibility index (Phi) is 4.62. The predicted octanol–water partition coefficient (Wildman–Crippen LogP) is 3.33. The van der Waals surface area contributed by atoms with Gasteiger partial charge in [0.25, 0.3) is 0 Å². The average molecular weight is 286 g/mol. The molecule has 108 valence electrons. The van der Waals surface area contributed by atoms with Gasteiger partial charge < -0.3 is 14.8 Å². The van der Waals surface area contributed by atoms with Gasteiger partial charge in [-0.25, -0.2) is 4.39 Å². The van der Waals surface area contributed by atoms with Crippen LogP contribution in [0.3, 0.4) is 0 Å². The molecular formula is C16H15FN2O2. The van der Waals surface area contributed by atoms with E-state index in [0.717, 1.165) is 5.56 Å². The van der Waals surface area contributed by atoms with Gasteiger partial charge in [-0.2, -0.15) is 5.26 Å². The molecule has 0 aliphatic heterocycles. The third-order valence-corrected chi connectivity index (χ3v) is 3.03. The Labute approximate surface area is 122 Å². The standard InChI is InChI=1S/C16H15FN2O2/c1-20-15-7-11(3-4-12(15)9-18)10-19-14-6-5-13(17)8-16(14)21-2/h3-8,19H,10H2,1-2H3. The van der Waals surface area contributed by atoms with Gasteiger partial charge in [-0.15, -0.1) is 0 Å². The number of benzene rings is 2. The number of hydrogen-bond donors (Lipinski definition) is 1. The molecule has 0 fully saturated rings. The minimum Gasteiger partial charge on any atom is -0.495 e. The van der Waals surface area contributed by atoms with Crippen LogP contribution in [0.15, 0.2) is 36.4 Å². The third-order valence-electron chi connectivity index (χ3n) is 3.03. The van der Waals surface area contributed by atoms with Crippen molar-refractivity contribution in [2.75, 3.05) is 19.5 Å². The van der Waals surface area contributed by atoms with Crippen LogP contribution in [-0.4, -0.2) is 14.2 Å². The molecule has 0 radical (unpaired) electrons. The van der Waals surface area contributed by atoms with Crippen molar-refractivity contribution in [2.45, 2.75) is 6.54 Å². The molecule has 0 spiro atoms. The number of hydrogen-bond acceptors (Lipinski definition) is 4. The van der Waals surface area contributed by atoms with E-state index in [2.05, 4.69) is 11.4 Å². The summed E-state index contributed by atoms with van der Waals surface area (Å²) in [4.78, 5) is 0. The highest BCUT2D eigenvalue weighted by Crippen LogP contribution is 2.26. The number of ether oxygens (including phenoxy) is 2. The smallest absolute Gasteiger partial charge is 0.144 e. The van der Waals surface area contributed by atoms with Gasteiger partial charge in [0.05, 0.1) is 25.5 Å². The van der Waals surface area contributed by atoms with Crippen molar-refractivity contribution in [3.8, 4) is 17.6 Å². The molecular weight excluding hydrogens is 271 g/mol. The molecule has 0 aromatic heterocycles. The molecule has 0 heterocycles. The number of methoxy groups -OCH3 is 2. The lowest BCUT2D eigenvalue weighted by Crippen LogP contribution is -2.02.